The van der Waals surface area contributed by atoms with Crippen LogP contribution in [0.25, 0.3) is 10.9 Å². The number of hydrogen-bond donors (Lipinski definition) is 4. The van der Waals surface area contributed by atoms with Gasteiger partial charge in [0.1, 0.15) is 0 Å². The molecule has 2 rings (SSSR count). The van der Waals surface area contributed by atoms with Gasteiger partial charge in [-0.3, -0.25) is 4.79 Å². The number of aromatic nitrogens is 2. The Morgan fingerprint density at radius 3 is 2.37 bits per heavy atom. The molecular formula is C9H11N5O4S. The van der Waals surface area contributed by atoms with E-state index in [1.165, 1.54) is 12.1 Å². The van der Waals surface area contributed by atoms with Gasteiger partial charge in [0, 0.05) is 0 Å². The highest BCUT2D eigenvalue weighted by Crippen LogP contribution is 2.18. The molecule has 1 aromatic carbocycles. The van der Waals surface area contributed by atoms with Crippen LogP contribution in [0.2, 0.25) is 0 Å². The first kappa shape index (κ1) is 13.0. The molecule has 0 saturated carbocycles. The molecule has 0 saturated heterocycles. The van der Waals surface area contributed by atoms with Gasteiger partial charge in [0.2, 0.25) is 10.0 Å². The molecule has 0 aliphatic heterocycles. The van der Waals surface area contributed by atoms with E-state index >= 15 is 0 Å². The van der Waals surface area contributed by atoms with E-state index < -0.39 is 21.3 Å². The fourth-order valence-electron chi connectivity index (χ4n) is 1.55. The minimum atomic E-state index is -3.77. The van der Waals surface area contributed by atoms with Crippen LogP contribution in [0.15, 0.2) is 21.7 Å². The number of fused-ring (bicyclic) bond motifs is 1. The molecule has 2 aromatic rings. The van der Waals surface area contributed by atoms with E-state index in [1.807, 2.05) is 0 Å². The second-order valence-corrected chi connectivity index (χ2v) is 5.69. The number of H-pyrrole nitrogens is 1. The lowest BCUT2D eigenvalue weighted by molar-refractivity contribution is 0.598. The van der Waals surface area contributed by atoms with Crippen LogP contribution in [-0.4, -0.2) is 24.3 Å². The normalized spacial score (nSPS) is 11.6. The molecule has 102 valence electrons. The van der Waals surface area contributed by atoms with Gasteiger partial charge in [0.15, 0.2) is 0 Å². The Kier molecular flexibility index (Phi) is 2.74. The monoisotopic (exact) mass is 285 g/mol. The maximum absolute atomic E-state index is 12.0. The highest BCUT2D eigenvalue weighted by Gasteiger charge is 2.12. The molecule has 1 heterocycles. The Morgan fingerprint density at radius 2 is 1.79 bits per heavy atom. The van der Waals surface area contributed by atoms with Gasteiger partial charge in [0.25, 0.3) is 5.56 Å². The molecule has 0 radical (unpaired) electrons. The molecule has 0 amide bonds. The van der Waals surface area contributed by atoms with E-state index in [-0.39, 0.29) is 22.3 Å². The lowest BCUT2D eigenvalue weighted by Gasteiger charge is -2.08. The van der Waals surface area contributed by atoms with Crippen molar-refractivity contribution in [3.8, 4) is 0 Å². The van der Waals surface area contributed by atoms with Gasteiger partial charge < -0.3 is 16.5 Å². The van der Waals surface area contributed by atoms with Gasteiger partial charge in [-0.05, 0) is 12.1 Å². The molecule has 0 aliphatic rings. The van der Waals surface area contributed by atoms with Gasteiger partial charge in [-0.25, -0.2) is 18.0 Å². The molecule has 0 bridgehead atoms. The van der Waals surface area contributed by atoms with Crippen molar-refractivity contribution < 1.29 is 8.42 Å². The van der Waals surface area contributed by atoms with E-state index in [9.17, 15) is 18.0 Å². The Labute approximate surface area is 106 Å². The van der Waals surface area contributed by atoms with Crippen LogP contribution in [0.1, 0.15) is 0 Å². The highest BCUT2D eigenvalue weighted by atomic mass is 32.2. The lowest BCUT2D eigenvalue weighted by Crippen LogP contribution is -2.43. The average Bonchev–Trinajstić information content (AvgIpc) is 2.26. The maximum Gasteiger partial charge on any atom is 0.348 e. The van der Waals surface area contributed by atoms with E-state index in [0.29, 0.717) is 4.68 Å². The van der Waals surface area contributed by atoms with Crippen molar-refractivity contribution in [3.05, 3.63) is 33.0 Å². The molecule has 9 nitrogen and oxygen atoms in total. The summed E-state index contributed by atoms with van der Waals surface area (Å²) in [5.74, 6) is 0. The number of nitrogen functional groups attached to an aromatic ring is 2. The largest absolute Gasteiger partial charge is 0.397 e. The molecule has 6 N–H and O–H groups in total. The average molecular weight is 285 g/mol. The zero-order chi connectivity index (χ0) is 14.4. The zero-order valence-corrected chi connectivity index (χ0v) is 10.6. The summed E-state index contributed by atoms with van der Waals surface area (Å²) >= 11 is 0. The lowest BCUT2D eigenvalue weighted by atomic mass is 10.2. The maximum atomic E-state index is 12.0. The van der Waals surface area contributed by atoms with Gasteiger partial charge in [-0.1, -0.05) is 0 Å². The summed E-state index contributed by atoms with van der Waals surface area (Å²) in [6.45, 7) is 0. The topological polar surface area (TPSA) is 153 Å². The molecule has 10 heteroatoms. The minimum Gasteiger partial charge on any atom is -0.397 e. The number of sulfonamides is 1. The van der Waals surface area contributed by atoms with E-state index in [1.54, 1.807) is 4.83 Å². The second-order valence-electron chi connectivity index (χ2n) is 3.96. The second kappa shape index (κ2) is 4.02. The quantitative estimate of drug-likeness (QED) is 0.485. The Morgan fingerprint density at radius 1 is 1.21 bits per heavy atom. The smallest absolute Gasteiger partial charge is 0.348 e. The number of rotatable bonds is 2. The van der Waals surface area contributed by atoms with Crippen LogP contribution in [-0.2, 0) is 10.0 Å². The van der Waals surface area contributed by atoms with Crippen LogP contribution >= 0.6 is 0 Å². The first-order chi connectivity index (χ1) is 8.69. The number of anilines is 2. The number of hydrogen-bond acceptors (Lipinski definition) is 6. The third-order valence-corrected chi connectivity index (χ3v) is 2.87. The first-order valence-electron chi connectivity index (χ1n) is 5.01. The van der Waals surface area contributed by atoms with Gasteiger partial charge in [-0.15, -0.1) is 0 Å². The third kappa shape index (κ3) is 2.38. The minimum absolute atomic E-state index is 0.0439. The molecule has 1 aromatic heterocycles. The number of nitrogens with one attached hydrogen (secondary N) is 2. The van der Waals surface area contributed by atoms with Crippen LogP contribution in [0, 0.1) is 0 Å². The van der Waals surface area contributed by atoms with E-state index in [0.717, 1.165) is 6.26 Å². The number of nitrogens with two attached hydrogens (primary N) is 2. The van der Waals surface area contributed by atoms with E-state index in [2.05, 4.69) is 4.98 Å². The van der Waals surface area contributed by atoms with Crippen LogP contribution < -0.4 is 27.5 Å². The van der Waals surface area contributed by atoms with Gasteiger partial charge in [0.05, 0.1) is 28.5 Å². The molecule has 0 fully saturated rings. The molecule has 0 aliphatic carbocycles. The number of nitrogens with zero attached hydrogens (tertiary/aromatic N) is 1. The summed E-state index contributed by atoms with van der Waals surface area (Å²) in [7, 11) is -3.77. The Bertz CT molecular complexity index is 880. The van der Waals surface area contributed by atoms with E-state index in [4.69, 9.17) is 11.5 Å². The van der Waals surface area contributed by atoms with Gasteiger partial charge >= 0.3 is 5.69 Å². The molecule has 0 spiro atoms. The van der Waals surface area contributed by atoms with Crippen molar-refractivity contribution in [2.45, 2.75) is 0 Å². The number of benzene rings is 1. The van der Waals surface area contributed by atoms with Crippen LogP contribution in [0.3, 0.4) is 0 Å². The SMILES string of the molecule is CS(=O)(=O)Nn1c(=O)[nH]c2cc(N)c(N)cc2c1=O. The summed E-state index contributed by atoms with van der Waals surface area (Å²) in [6, 6.07) is 2.60. The third-order valence-electron chi connectivity index (χ3n) is 2.36. The standard InChI is InChI=1S/C9H11N5O4S/c1-19(17,18)13-14-8(15)4-2-5(10)6(11)3-7(4)12-9(14)16/h2-3,13H,10-11H2,1H3,(H,12,16). The summed E-state index contributed by atoms with van der Waals surface area (Å²) in [6.07, 6.45) is 0.820. The fraction of sp³-hybridized carbons (Fsp3) is 0.111. The first-order valence-corrected chi connectivity index (χ1v) is 6.90. The predicted octanol–water partition coefficient (Wildman–Crippen LogP) is -1.64. The van der Waals surface area contributed by atoms with Crippen LogP contribution in [0.4, 0.5) is 11.4 Å². The Balaban J connectivity index is 2.86. The van der Waals surface area contributed by atoms with Crippen molar-refractivity contribution in [3.63, 3.8) is 0 Å². The highest BCUT2D eigenvalue weighted by molar-refractivity contribution is 7.91. The molecule has 0 atom stereocenters. The van der Waals surface area contributed by atoms with Crippen molar-refractivity contribution in [1.82, 2.24) is 9.66 Å². The fourth-order valence-corrected chi connectivity index (χ4v) is 2.04. The predicted molar refractivity (Wildman–Crippen MR) is 71.9 cm³/mol. The molecule has 19 heavy (non-hydrogen) atoms. The Hall–Kier alpha value is -2.49. The molecular weight excluding hydrogens is 274 g/mol. The van der Waals surface area contributed by atoms with Crippen molar-refractivity contribution >= 4 is 32.3 Å². The summed E-state index contributed by atoms with van der Waals surface area (Å²) < 4.78 is 22.5. The number of aromatic amines is 1. The van der Waals surface area contributed by atoms with Crippen molar-refractivity contribution in [1.29, 1.82) is 0 Å². The zero-order valence-electron chi connectivity index (χ0n) is 9.80. The van der Waals surface area contributed by atoms with Crippen molar-refractivity contribution in [2.24, 2.45) is 0 Å². The molecule has 0 unspecified atom stereocenters. The van der Waals surface area contributed by atoms with Crippen LogP contribution in [0.5, 0.6) is 0 Å². The summed E-state index contributed by atoms with van der Waals surface area (Å²) in [4.78, 5) is 27.8. The van der Waals surface area contributed by atoms with Crippen molar-refractivity contribution in [2.75, 3.05) is 22.6 Å². The summed E-state index contributed by atoms with van der Waals surface area (Å²) in [5, 5.41) is 0.0439. The summed E-state index contributed by atoms with van der Waals surface area (Å²) in [5.41, 5.74) is 9.90. The van der Waals surface area contributed by atoms with Gasteiger partial charge in [-0.2, -0.15) is 4.68 Å².